The second-order valence-corrected chi connectivity index (χ2v) is 9.67. The molecule has 162 valence electrons. The second kappa shape index (κ2) is 9.04. The van der Waals surface area contributed by atoms with Crippen LogP contribution in [0.3, 0.4) is 0 Å². The van der Waals surface area contributed by atoms with Crippen LogP contribution in [0.25, 0.3) is 0 Å². The SMILES string of the molecule is O=S(=O)(c1c(F)cccc1F)N1CCN(C(c2ccccc2)c2ccc(Cl)cc2)CC1. The molecule has 8 heteroatoms. The highest BCUT2D eigenvalue weighted by Crippen LogP contribution is 2.32. The van der Waals surface area contributed by atoms with Gasteiger partial charge >= 0.3 is 0 Å². The largest absolute Gasteiger partial charge is 0.290 e. The molecule has 1 aliphatic rings. The van der Waals surface area contributed by atoms with Crippen molar-refractivity contribution in [1.29, 1.82) is 0 Å². The Labute approximate surface area is 185 Å². The second-order valence-electron chi connectivity index (χ2n) is 7.36. The highest BCUT2D eigenvalue weighted by atomic mass is 35.5. The maximum atomic E-state index is 14.1. The molecule has 0 radical (unpaired) electrons. The average molecular weight is 463 g/mol. The summed E-state index contributed by atoms with van der Waals surface area (Å²) in [4.78, 5) is 1.28. The van der Waals surface area contributed by atoms with Gasteiger partial charge in [-0.3, -0.25) is 4.90 Å². The van der Waals surface area contributed by atoms with Gasteiger partial charge in [0.2, 0.25) is 10.0 Å². The molecule has 1 aliphatic heterocycles. The molecule has 1 heterocycles. The van der Waals surface area contributed by atoms with Crippen molar-refractivity contribution < 1.29 is 17.2 Å². The summed E-state index contributed by atoms with van der Waals surface area (Å²) in [6, 6.07) is 20.4. The molecule has 1 fully saturated rings. The molecule has 0 N–H and O–H groups in total. The van der Waals surface area contributed by atoms with Crippen LogP contribution in [0.15, 0.2) is 77.7 Å². The van der Waals surface area contributed by atoms with Crippen molar-refractivity contribution in [2.24, 2.45) is 0 Å². The summed E-state index contributed by atoms with van der Waals surface area (Å²) in [5.41, 5.74) is 2.10. The van der Waals surface area contributed by atoms with E-state index in [0.717, 1.165) is 33.6 Å². The first-order valence-electron chi connectivity index (χ1n) is 9.86. The number of sulfonamides is 1. The third kappa shape index (κ3) is 4.50. The molecule has 0 saturated carbocycles. The molecule has 0 aromatic heterocycles. The summed E-state index contributed by atoms with van der Waals surface area (Å²) < 4.78 is 55.2. The van der Waals surface area contributed by atoms with E-state index in [1.54, 1.807) is 0 Å². The van der Waals surface area contributed by atoms with Crippen molar-refractivity contribution in [3.63, 3.8) is 0 Å². The highest BCUT2D eigenvalue weighted by Gasteiger charge is 2.35. The molecule has 0 spiro atoms. The summed E-state index contributed by atoms with van der Waals surface area (Å²) in [7, 11) is -4.27. The molecule has 1 saturated heterocycles. The Bertz CT molecular complexity index is 1130. The molecule has 3 aromatic rings. The van der Waals surface area contributed by atoms with Gasteiger partial charge in [0, 0.05) is 31.2 Å². The van der Waals surface area contributed by atoms with Gasteiger partial charge in [0.15, 0.2) is 4.90 Å². The fourth-order valence-corrected chi connectivity index (χ4v) is 5.61. The monoisotopic (exact) mass is 462 g/mol. The van der Waals surface area contributed by atoms with E-state index >= 15 is 0 Å². The van der Waals surface area contributed by atoms with Gasteiger partial charge in [-0.05, 0) is 35.4 Å². The van der Waals surface area contributed by atoms with Crippen molar-refractivity contribution in [1.82, 2.24) is 9.21 Å². The average Bonchev–Trinajstić information content (AvgIpc) is 2.76. The van der Waals surface area contributed by atoms with E-state index in [9.17, 15) is 17.2 Å². The van der Waals surface area contributed by atoms with Gasteiger partial charge in [0.25, 0.3) is 0 Å². The van der Waals surface area contributed by atoms with Gasteiger partial charge in [-0.2, -0.15) is 4.31 Å². The zero-order valence-electron chi connectivity index (χ0n) is 16.6. The summed E-state index contributed by atoms with van der Waals surface area (Å²) in [5.74, 6) is -2.16. The molecule has 1 atom stereocenters. The summed E-state index contributed by atoms with van der Waals surface area (Å²) >= 11 is 6.05. The van der Waals surface area contributed by atoms with Crippen LogP contribution >= 0.6 is 11.6 Å². The predicted molar refractivity (Wildman–Crippen MR) is 116 cm³/mol. The third-order valence-corrected chi connectivity index (χ3v) is 7.66. The smallest absolute Gasteiger partial charge is 0.249 e. The quantitative estimate of drug-likeness (QED) is 0.551. The zero-order valence-corrected chi connectivity index (χ0v) is 18.2. The molecule has 3 aromatic carbocycles. The topological polar surface area (TPSA) is 40.6 Å². The summed E-state index contributed by atoms with van der Waals surface area (Å²) in [5, 5.41) is 0.637. The molecule has 31 heavy (non-hydrogen) atoms. The molecule has 4 nitrogen and oxygen atoms in total. The van der Waals surface area contributed by atoms with Crippen molar-refractivity contribution in [2.45, 2.75) is 10.9 Å². The minimum absolute atomic E-state index is 0.0893. The van der Waals surface area contributed by atoms with Gasteiger partial charge < -0.3 is 0 Å². The fraction of sp³-hybridized carbons (Fsp3) is 0.217. The van der Waals surface area contributed by atoms with E-state index in [1.807, 2.05) is 54.6 Å². The first-order valence-corrected chi connectivity index (χ1v) is 11.7. The molecular formula is C23H21ClF2N2O2S. The number of benzene rings is 3. The van der Waals surface area contributed by atoms with E-state index in [-0.39, 0.29) is 19.1 Å². The van der Waals surface area contributed by atoms with Crippen LogP contribution in [0.1, 0.15) is 17.2 Å². The van der Waals surface area contributed by atoms with Crippen LogP contribution < -0.4 is 0 Å². The van der Waals surface area contributed by atoms with Crippen LogP contribution in [0.2, 0.25) is 5.02 Å². The summed E-state index contributed by atoms with van der Waals surface area (Å²) in [6.07, 6.45) is 0. The minimum Gasteiger partial charge on any atom is -0.290 e. The normalized spacial score (nSPS) is 16.9. The molecule has 4 rings (SSSR count). The van der Waals surface area contributed by atoms with Crippen molar-refractivity contribution in [3.8, 4) is 0 Å². The van der Waals surface area contributed by atoms with Gasteiger partial charge in [-0.1, -0.05) is 60.1 Å². The lowest BCUT2D eigenvalue weighted by Crippen LogP contribution is -2.50. The molecule has 1 unspecified atom stereocenters. The van der Waals surface area contributed by atoms with Crippen LogP contribution in [0, 0.1) is 11.6 Å². The predicted octanol–water partition coefficient (Wildman–Crippen LogP) is 4.71. The fourth-order valence-electron chi connectivity index (χ4n) is 3.95. The highest BCUT2D eigenvalue weighted by molar-refractivity contribution is 7.89. The van der Waals surface area contributed by atoms with Crippen molar-refractivity contribution in [2.75, 3.05) is 26.2 Å². The zero-order chi connectivity index (χ0) is 22.0. The first kappa shape index (κ1) is 21.9. The lowest BCUT2D eigenvalue weighted by atomic mass is 9.96. The Morgan fingerprint density at radius 2 is 1.29 bits per heavy atom. The molecule has 0 aliphatic carbocycles. The molecule has 0 amide bonds. The molecular weight excluding hydrogens is 442 g/mol. The molecule has 0 bridgehead atoms. The Hall–Kier alpha value is -2.32. The van der Waals surface area contributed by atoms with Gasteiger partial charge in [0.05, 0.1) is 6.04 Å². The Morgan fingerprint density at radius 1 is 0.742 bits per heavy atom. The van der Waals surface area contributed by atoms with Crippen molar-refractivity contribution in [3.05, 3.63) is 101 Å². The third-order valence-electron chi connectivity index (χ3n) is 5.46. The van der Waals surface area contributed by atoms with Crippen LogP contribution in [-0.2, 0) is 10.0 Å². The number of halogens is 3. The Kier molecular flexibility index (Phi) is 6.39. The number of hydrogen-bond acceptors (Lipinski definition) is 3. The van der Waals surface area contributed by atoms with E-state index < -0.39 is 26.6 Å². The summed E-state index contributed by atoms with van der Waals surface area (Å²) in [6.45, 7) is 1.09. The van der Waals surface area contributed by atoms with Crippen LogP contribution in [-0.4, -0.2) is 43.8 Å². The van der Waals surface area contributed by atoms with E-state index in [1.165, 1.54) is 0 Å². The number of rotatable bonds is 5. The van der Waals surface area contributed by atoms with Crippen molar-refractivity contribution >= 4 is 21.6 Å². The standard InChI is InChI=1S/C23H21ClF2N2O2S/c24-19-11-9-18(10-12-19)22(17-5-2-1-3-6-17)27-13-15-28(16-14-27)31(29,30)23-20(25)7-4-8-21(23)26/h1-12,22H,13-16H2. The van der Waals surface area contributed by atoms with Gasteiger partial charge in [-0.15, -0.1) is 0 Å². The van der Waals surface area contributed by atoms with Gasteiger partial charge in [-0.25, -0.2) is 17.2 Å². The van der Waals surface area contributed by atoms with E-state index in [0.29, 0.717) is 18.1 Å². The number of nitrogens with zero attached hydrogens (tertiary/aromatic N) is 2. The van der Waals surface area contributed by atoms with Crippen LogP contribution in [0.5, 0.6) is 0 Å². The number of hydrogen-bond donors (Lipinski definition) is 0. The number of piperazine rings is 1. The first-order chi connectivity index (χ1) is 14.9. The Morgan fingerprint density at radius 3 is 1.87 bits per heavy atom. The lowest BCUT2D eigenvalue weighted by molar-refractivity contribution is 0.155. The maximum absolute atomic E-state index is 14.1. The van der Waals surface area contributed by atoms with E-state index in [4.69, 9.17) is 11.6 Å². The van der Waals surface area contributed by atoms with E-state index in [2.05, 4.69) is 4.90 Å². The maximum Gasteiger partial charge on any atom is 0.249 e. The lowest BCUT2D eigenvalue weighted by Gasteiger charge is -2.39. The van der Waals surface area contributed by atoms with Crippen LogP contribution in [0.4, 0.5) is 8.78 Å². The minimum atomic E-state index is -4.27. The Balaban J connectivity index is 1.59. The van der Waals surface area contributed by atoms with Gasteiger partial charge in [0.1, 0.15) is 11.6 Å².